The fraction of sp³-hybridized carbons (Fsp3) is 0.364. The molecule has 0 aliphatic heterocycles. The lowest BCUT2D eigenvalue weighted by Crippen LogP contribution is -2.36. The van der Waals surface area contributed by atoms with E-state index in [0.29, 0.717) is 5.75 Å². The van der Waals surface area contributed by atoms with Crippen LogP contribution in [0.25, 0.3) is 0 Å². The lowest BCUT2D eigenvalue weighted by molar-refractivity contribution is -0.151. The summed E-state index contributed by atoms with van der Waals surface area (Å²) < 4.78 is 18.3. The third-order valence-corrected chi connectivity index (χ3v) is 1.98. The Morgan fingerprint density at radius 1 is 1.47 bits per heavy atom. The molecule has 0 fully saturated rings. The quantitative estimate of drug-likeness (QED) is 0.832. The minimum Gasteiger partial charge on any atom is -0.490 e. The predicted molar refractivity (Wildman–Crippen MR) is 53.8 cm³/mol. The average molecular weight is 212 g/mol. The highest BCUT2D eigenvalue weighted by Crippen LogP contribution is 2.16. The first-order chi connectivity index (χ1) is 6.92. The number of benzene rings is 1. The molecule has 1 rings (SSSR count). The number of rotatable bonds is 4. The van der Waals surface area contributed by atoms with E-state index in [2.05, 4.69) is 0 Å². The zero-order valence-corrected chi connectivity index (χ0v) is 8.66. The van der Waals surface area contributed by atoms with Crippen LogP contribution in [-0.2, 0) is 4.79 Å². The minimum absolute atomic E-state index is 0.464. The standard InChI is InChI=1S/C11H13FO3/c1-8-3-5-9(6-4-8)15-7-11(2,12)10(13)14/h3-6H,7H2,1-2H3,(H,13,14). The molecule has 0 saturated carbocycles. The van der Waals surface area contributed by atoms with Crippen LogP contribution in [0.1, 0.15) is 12.5 Å². The summed E-state index contributed by atoms with van der Waals surface area (Å²) in [7, 11) is 0. The Morgan fingerprint density at radius 3 is 2.47 bits per heavy atom. The highest BCUT2D eigenvalue weighted by molar-refractivity contribution is 5.76. The molecule has 0 bridgehead atoms. The lowest BCUT2D eigenvalue weighted by Gasteiger charge is -2.15. The normalized spacial score (nSPS) is 14.3. The van der Waals surface area contributed by atoms with Gasteiger partial charge < -0.3 is 9.84 Å². The fourth-order valence-corrected chi connectivity index (χ4v) is 0.915. The van der Waals surface area contributed by atoms with E-state index < -0.39 is 18.2 Å². The van der Waals surface area contributed by atoms with Crippen molar-refractivity contribution in [2.45, 2.75) is 19.5 Å². The van der Waals surface area contributed by atoms with Crippen molar-refractivity contribution in [1.29, 1.82) is 0 Å². The van der Waals surface area contributed by atoms with Gasteiger partial charge in [0.2, 0.25) is 5.67 Å². The molecule has 3 nitrogen and oxygen atoms in total. The number of carboxylic acid groups (broad SMARTS) is 1. The number of aliphatic carboxylic acids is 1. The third-order valence-electron chi connectivity index (χ3n) is 1.98. The van der Waals surface area contributed by atoms with E-state index in [9.17, 15) is 9.18 Å². The number of hydrogen-bond donors (Lipinski definition) is 1. The molecule has 0 spiro atoms. The molecule has 0 aliphatic rings. The molecule has 1 unspecified atom stereocenters. The maximum Gasteiger partial charge on any atom is 0.344 e. The van der Waals surface area contributed by atoms with Crippen molar-refractivity contribution in [2.24, 2.45) is 0 Å². The Balaban J connectivity index is 2.57. The van der Waals surface area contributed by atoms with Crippen molar-refractivity contribution in [3.63, 3.8) is 0 Å². The summed E-state index contributed by atoms with van der Waals surface area (Å²) in [5.41, 5.74) is -1.30. The van der Waals surface area contributed by atoms with E-state index >= 15 is 0 Å². The van der Waals surface area contributed by atoms with Crippen LogP contribution in [0.2, 0.25) is 0 Å². The zero-order chi connectivity index (χ0) is 11.5. The summed E-state index contributed by atoms with van der Waals surface area (Å²) >= 11 is 0. The highest BCUT2D eigenvalue weighted by atomic mass is 19.1. The van der Waals surface area contributed by atoms with Crippen molar-refractivity contribution in [1.82, 2.24) is 0 Å². The first-order valence-corrected chi connectivity index (χ1v) is 4.53. The molecule has 1 aromatic carbocycles. The van der Waals surface area contributed by atoms with Gasteiger partial charge in [0.1, 0.15) is 12.4 Å². The van der Waals surface area contributed by atoms with Crippen LogP contribution in [0.3, 0.4) is 0 Å². The molecule has 4 heteroatoms. The summed E-state index contributed by atoms with van der Waals surface area (Å²) in [6.07, 6.45) is 0. The molecule has 0 aliphatic carbocycles. The van der Waals surface area contributed by atoms with Gasteiger partial charge in [0.25, 0.3) is 0 Å². The molecule has 1 atom stereocenters. The van der Waals surface area contributed by atoms with Crippen LogP contribution in [0.15, 0.2) is 24.3 Å². The first-order valence-electron chi connectivity index (χ1n) is 4.53. The summed E-state index contributed by atoms with van der Waals surface area (Å²) in [6.45, 7) is 2.40. The van der Waals surface area contributed by atoms with Gasteiger partial charge in [-0.05, 0) is 26.0 Å². The predicted octanol–water partition coefficient (Wildman–Crippen LogP) is 2.19. The molecule has 0 radical (unpaired) electrons. The number of halogens is 1. The smallest absolute Gasteiger partial charge is 0.344 e. The summed E-state index contributed by atoms with van der Waals surface area (Å²) in [5.74, 6) is -1.06. The van der Waals surface area contributed by atoms with E-state index in [4.69, 9.17) is 9.84 Å². The van der Waals surface area contributed by atoms with Gasteiger partial charge in [0.15, 0.2) is 0 Å². The number of alkyl halides is 1. The van der Waals surface area contributed by atoms with Gasteiger partial charge in [-0.25, -0.2) is 9.18 Å². The maximum absolute atomic E-state index is 13.3. The highest BCUT2D eigenvalue weighted by Gasteiger charge is 2.33. The van der Waals surface area contributed by atoms with Gasteiger partial charge in [-0.2, -0.15) is 0 Å². The SMILES string of the molecule is Cc1ccc(OCC(C)(F)C(=O)O)cc1. The monoisotopic (exact) mass is 212 g/mol. The summed E-state index contributed by atoms with van der Waals surface area (Å²) in [4.78, 5) is 10.4. The Kier molecular flexibility index (Phi) is 3.29. The number of aryl methyl sites for hydroxylation is 1. The summed E-state index contributed by atoms with van der Waals surface area (Å²) in [6, 6.07) is 6.97. The second kappa shape index (κ2) is 4.29. The number of hydrogen-bond acceptors (Lipinski definition) is 2. The lowest BCUT2D eigenvalue weighted by atomic mass is 10.1. The minimum atomic E-state index is -2.36. The van der Waals surface area contributed by atoms with Crippen LogP contribution >= 0.6 is 0 Å². The molecule has 0 amide bonds. The molecular formula is C11H13FO3. The third kappa shape index (κ3) is 3.23. The van der Waals surface area contributed by atoms with E-state index in [1.807, 2.05) is 19.1 Å². The fourth-order valence-electron chi connectivity index (χ4n) is 0.915. The molecule has 15 heavy (non-hydrogen) atoms. The average Bonchev–Trinajstić information content (AvgIpc) is 2.17. The molecule has 82 valence electrons. The van der Waals surface area contributed by atoms with E-state index in [-0.39, 0.29) is 0 Å². The van der Waals surface area contributed by atoms with E-state index in [1.165, 1.54) is 0 Å². The maximum atomic E-state index is 13.3. The van der Waals surface area contributed by atoms with Gasteiger partial charge >= 0.3 is 5.97 Å². The van der Waals surface area contributed by atoms with Crippen LogP contribution in [-0.4, -0.2) is 23.4 Å². The number of ether oxygens (including phenoxy) is 1. The Morgan fingerprint density at radius 2 is 2.00 bits per heavy atom. The van der Waals surface area contributed by atoms with Crippen LogP contribution < -0.4 is 4.74 Å². The van der Waals surface area contributed by atoms with Crippen molar-refractivity contribution >= 4 is 5.97 Å². The van der Waals surface area contributed by atoms with Gasteiger partial charge in [0, 0.05) is 0 Å². The number of carboxylic acids is 1. The largest absolute Gasteiger partial charge is 0.490 e. The Labute approximate surface area is 87.5 Å². The second-order valence-corrected chi connectivity index (χ2v) is 3.60. The molecule has 0 heterocycles. The first kappa shape index (κ1) is 11.5. The molecule has 0 aromatic heterocycles. The molecular weight excluding hydrogens is 199 g/mol. The molecule has 0 saturated heterocycles. The van der Waals surface area contributed by atoms with Gasteiger partial charge in [-0.3, -0.25) is 0 Å². The van der Waals surface area contributed by atoms with E-state index in [0.717, 1.165) is 12.5 Å². The zero-order valence-electron chi connectivity index (χ0n) is 8.66. The van der Waals surface area contributed by atoms with Gasteiger partial charge in [-0.1, -0.05) is 17.7 Å². The molecule has 1 aromatic rings. The van der Waals surface area contributed by atoms with E-state index in [1.54, 1.807) is 12.1 Å². The van der Waals surface area contributed by atoms with Crippen molar-refractivity contribution in [3.05, 3.63) is 29.8 Å². The number of carbonyl (C=O) groups is 1. The topological polar surface area (TPSA) is 46.5 Å². The van der Waals surface area contributed by atoms with Gasteiger partial charge in [0.05, 0.1) is 0 Å². The van der Waals surface area contributed by atoms with Crippen molar-refractivity contribution < 1.29 is 19.0 Å². The Hall–Kier alpha value is -1.58. The second-order valence-electron chi connectivity index (χ2n) is 3.60. The molecule has 1 N–H and O–H groups in total. The Bertz CT molecular complexity index is 343. The van der Waals surface area contributed by atoms with Crippen molar-refractivity contribution in [3.8, 4) is 5.75 Å². The van der Waals surface area contributed by atoms with Gasteiger partial charge in [-0.15, -0.1) is 0 Å². The summed E-state index contributed by atoms with van der Waals surface area (Å²) in [5, 5.41) is 8.51. The van der Waals surface area contributed by atoms with Crippen molar-refractivity contribution in [2.75, 3.05) is 6.61 Å². The van der Waals surface area contributed by atoms with Crippen LogP contribution in [0.4, 0.5) is 4.39 Å². The van der Waals surface area contributed by atoms with Crippen LogP contribution in [0.5, 0.6) is 5.75 Å². The van der Waals surface area contributed by atoms with Crippen LogP contribution in [0, 0.1) is 6.92 Å².